The first-order valence-electron chi connectivity index (χ1n) is 11.5. The number of hydrogen-bond acceptors (Lipinski definition) is 8. The second kappa shape index (κ2) is 10.8. The molecule has 1 fully saturated rings. The summed E-state index contributed by atoms with van der Waals surface area (Å²) in [6.07, 6.45) is -1.06. The van der Waals surface area contributed by atoms with Gasteiger partial charge < -0.3 is 34.4 Å². The quantitative estimate of drug-likeness (QED) is 0.412. The van der Waals surface area contributed by atoms with Gasteiger partial charge in [0.2, 0.25) is 0 Å². The lowest BCUT2D eigenvalue weighted by molar-refractivity contribution is -0.194. The van der Waals surface area contributed by atoms with Crippen molar-refractivity contribution < 1.29 is 37.6 Å². The molecular formula is C25H27F2N3O7. The van der Waals surface area contributed by atoms with Crippen molar-refractivity contribution in [3.05, 3.63) is 63.7 Å². The molecule has 4 rings (SSSR count). The van der Waals surface area contributed by atoms with Crippen LogP contribution in [0.4, 0.5) is 8.78 Å². The molecule has 2 atom stereocenters. The van der Waals surface area contributed by atoms with Crippen LogP contribution in [0.1, 0.15) is 30.0 Å². The van der Waals surface area contributed by atoms with Gasteiger partial charge in [0.25, 0.3) is 11.5 Å². The van der Waals surface area contributed by atoms with Crippen LogP contribution >= 0.6 is 0 Å². The Bertz CT molecular complexity index is 1350. The predicted molar refractivity (Wildman–Crippen MR) is 128 cm³/mol. The largest absolute Gasteiger partial charge is 0.494 e. The van der Waals surface area contributed by atoms with Crippen LogP contribution in [0.3, 0.4) is 0 Å². The standard InChI is InChI=1S/C25H27F2N3O7/c1-25(2,33)19-12-35-14(10-36-19)11-37-21-16(27)6-7-17-20(21)23(31)30-22(29-17)24(32)28-9-13-4-5-15(26)18(8-13)34-3/h4-8,14,19,33H,9-12H2,1-3H3,(H,28,32)(H,29,30,31). The fraction of sp³-hybridized carbons (Fsp3) is 0.400. The molecule has 2 unspecified atom stereocenters. The molecule has 3 N–H and O–H groups in total. The lowest BCUT2D eigenvalue weighted by Crippen LogP contribution is -2.49. The van der Waals surface area contributed by atoms with Crippen LogP contribution in [-0.4, -0.2) is 65.7 Å². The van der Waals surface area contributed by atoms with E-state index in [0.717, 1.165) is 6.07 Å². The van der Waals surface area contributed by atoms with Gasteiger partial charge in [-0.25, -0.2) is 13.8 Å². The van der Waals surface area contributed by atoms with Crippen LogP contribution in [0.15, 0.2) is 35.1 Å². The predicted octanol–water partition coefficient (Wildman–Crippen LogP) is 2.07. The molecule has 0 spiro atoms. The number of H-pyrrole nitrogens is 1. The Morgan fingerprint density at radius 3 is 2.65 bits per heavy atom. The average molecular weight is 520 g/mol. The Morgan fingerprint density at radius 1 is 1.22 bits per heavy atom. The van der Waals surface area contributed by atoms with Crippen LogP contribution in [-0.2, 0) is 16.0 Å². The lowest BCUT2D eigenvalue weighted by Gasteiger charge is -2.35. The van der Waals surface area contributed by atoms with Gasteiger partial charge in [-0.3, -0.25) is 9.59 Å². The van der Waals surface area contributed by atoms with Crippen LogP contribution in [0.5, 0.6) is 11.5 Å². The minimum Gasteiger partial charge on any atom is -0.494 e. The van der Waals surface area contributed by atoms with Crippen LogP contribution in [0, 0.1) is 11.6 Å². The van der Waals surface area contributed by atoms with Crippen molar-refractivity contribution in [2.24, 2.45) is 0 Å². The van der Waals surface area contributed by atoms with Gasteiger partial charge in [-0.1, -0.05) is 6.07 Å². The lowest BCUT2D eigenvalue weighted by atomic mass is 10.0. The summed E-state index contributed by atoms with van der Waals surface area (Å²) in [5, 5.41) is 12.4. The number of benzene rings is 2. The molecule has 37 heavy (non-hydrogen) atoms. The van der Waals surface area contributed by atoms with E-state index in [1.165, 1.54) is 31.4 Å². The highest BCUT2D eigenvalue weighted by molar-refractivity contribution is 5.93. The fourth-order valence-electron chi connectivity index (χ4n) is 3.73. The number of rotatable bonds is 8. The molecular weight excluding hydrogens is 492 g/mol. The molecule has 12 heteroatoms. The number of carbonyl (C=O) groups is 1. The van der Waals surface area contributed by atoms with Gasteiger partial charge >= 0.3 is 0 Å². The van der Waals surface area contributed by atoms with E-state index in [0.29, 0.717) is 5.56 Å². The van der Waals surface area contributed by atoms with E-state index in [1.54, 1.807) is 13.8 Å². The van der Waals surface area contributed by atoms with Crippen LogP contribution in [0.2, 0.25) is 0 Å². The van der Waals surface area contributed by atoms with E-state index in [-0.39, 0.29) is 54.6 Å². The molecule has 2 heterocycles. The molecule has 2 aromatic carbocycles. The van der Waals surface area contributed by atoms with E-state index in [4.69, 9.17) is 18.9 Å². The minimum atomic E-state index is -1.08. The van der Waals surface area contributed by atoms with Crippen LogP contribution in [0.25, 0.3) is 10.9 Å². The topological polar surface area (TPSA) is 132 Å². The van der Waals surface area contributed by atoms with E-state index in [9.17, 15) is 23.5 Å². The number of hydrogen-bond donors (Lipinski definition) is 3. The van der Waals surface area contributed by atoms with E-state index < -0.39 is 40.9 Å². The molecule has 0 bridgehead atoms. The van der Waals surface area contributed by atoms with Crippen molar-refractivity contribution in [3.8, 4) is 11.5 Å². The van der Waals surface area contributed by atoms with Crippen molar-refractivity contribution in [3.63, 3.8) is 0 Å². The van der Waals surface area contributed by atoms with E-state index in [2.05, 4.69) is 15.3 Å². The molecule has 1 aliphatic rings. The third-order valence-electron chi connectivity index (χ3n) is 5.83. The molecule has 0 radical (unpaired) electrons. The number of methoxy groups -OCH3 is 1. The number of aromatic nitrogens is 2. The molecule has 198 valence electrons. The Hall–Kier alpha value is -3.61. The van der Waals surface area contributed by atoms with Gasteiger partial charge in [0.05, 0.1) is 31.4 Å². The fourth-order valence-corrected chi connectivity index (χ4v) is 3.73. The maximum Gasteiger partial charge on any atom is 0.287 e. The summed E-state index contributed by atoms with van der Waals surface area (Å²) in [5.74, 6) is -2.60. The SMILES string of the molecule is COc1cc(CNC(=O)c2nc3ccc(F)c(OCC4COC(C(C)(C)O)CO4)c3c(=O)[nH]2)ccc1F. The number of ether oxygens (including phenoxy) is 4. The number of fused-ring (bicyclic) bond motifs is 1. The molecule has 1 aromatic heterocycles. The number of aromatic amines is 1. The maximum atomic E-state index is 14.6. The smallest absolute Gasteiger partial charge is 0.287 e. The molecule has 1 saturated heterocycles. The van der Waals surface area contributed by atoms with Gasteiger partial charge in [-0.2, -0.15) is 0 Å². The summed E-state index contributed by atoms with van der Waals surface area (Å²) >= 11 is 0. The van der Waals surface area contributed by atoms with Crippen molar-refractivity contribution >= 4 is 16.8 Å². The Kier molecular flexibility index (Phi) is 7.71. The van der Waals surface area contributed by atoms with Gasteiger partial charge in [-0.15, -0.1) is 0 Å². The van der Waals surface area contributed by atoms with Crippen LogP contribution < -0.4 is 20.3 Å². The van der Waals surface area contributed by atoms with Crippen molar-refractivity contribution in [1.29, 1.82) is 0 Å². The third-order valence-corrected chi connectivity index (χ3v) is 5.83. The van der Waals surface area contributed by atoms with E-state index >= 15 is 0 Å². The van der Waals surface area contributed by atoms with Gasteiger partial charge in [0.15, 0.2) is 29.0 Å². The van der Waals surface area contributed by atoms with Crippen molar-refractivity contribution in [1.82, 2.24) is 15.3 Å². The summed E-state index contributed by atoms with van der Waals surface area (Å²) < 4.78 is 49.9. The molecule has 1 amide bonds. The van der Waals surface area contributed by atoms with E-state index in [1.807, 2.05) is 0 Å². The summed E-state index contributed by atoms with van der Waals surface area (Å²) in [6.45, 7) is 3.36. The molecule has 0 aliphatic carbocycles. The normalized spacial score (nSPS) is 18.0. The van der Waals surface area contributed by atoms with Crippen molar-refractivity contribution in [2.75, 3.05) is 26.9 Å². The second-order valence-electron chi connectivity index (χ2n) is 9.08. The third kappa shape index (κ3) is 6.04. The summed E-state index contributed by atoms with van der Waals surface area (Å²) in [5.41, 5.74) is -1.23. The summed E-state index contributed by atoms with van der Waals surface area (Å²) in [6, 6.07) is 6.47. The zero-order valence-electron chi connectivity index (χ0n) is 20.5. The number of nitrogens with zero attached hydrogens (tertiary/aromatic N) is 1. The van der Waals surface area contributed by atoms with Crippen molar-refractivity contribution in [2.45, 2.75) is 38.2 Å². The minimum absolute atomic E-state index is 0.0206. The number of carbonyl (C=O) groups excluding carboxylic acids is 1. The number of nitrogens with one attached hydrogen (secondary N) is 2. The highest BCUT2D eigenvalue weighted by Crippen LogP contribution is 2.26. The number of amides is 1. The number of aliphatic hydroxyl groups is 1. The zero-order valence-corrected chi connectivity index (χ0v) is 20.5. The van der Waals surface area contributed by atoms with Gasteiger partial charge in [-0.05, 0) is 43.7 Å². The summed E-state index contributed by atoms with van der Waals surface area (Å²) in [7, 11) is 1.33. The number of halogens is 2. The maximum absolute atomic E-state index is 14.6. The average Bonchev–Trinajstić information content (AvgIpc) is 2.87. The first kappa shape index (κ1) is 26.5. The second-order valence-corrected chi connectivity index (χ2v) is 9.08. The highest BCUT2D eigenvalue weighted by atomic mass is 19.1. The van der Waals surface area contributed by atoms with Gasteiger partial charge in [0, 0.05) is 6.54 Å². The molecule has 10 nitrogen and oxygen atoms in total. The Labute approximate surface area is 210 Å². The van der Waals surface area contributed by atoms with Gasteiger partial charge in [0.1, 0.15) is 24.2 Å². The Balaban J connectivity index is 1.47. The molecule has 0 saturated carbocycles. The first-order chi connectivity index (χ1) is 17.6. The highest BCUT2D eigenvalue weighted by Gasteiger charge is 2.33. The monoisotopic (exact) mass is 519 g/mol. The molecule has 1 aliphatic heterocycles. The molecule has 3 aromatic rings. The Morgan fingerprint density at radius 2 is 1.97 bits per heavy atom. The first-order valence-corrected chi connectivity index (χ1v) is 11.5. The zero-order chi connectivity index (χ0) is 26.7. The summed E-state index contributed by atoms with van der Waals surface area (Å²) in [4.78, 5) is 31.9.